The van der Waals surface area contributed by atoms with Crippen LogP contribution in [0.25, 0.3) is 0 Å². The van der Waals surface area contributed by atoms with E-state index in [9.17, 15) is 9.18 Å². The summed E-state index contributed by atoms with van der Waals surface area (Å²) in [5, 5.41) is 20.5. The lowest BCUT2D eigenvalue weighted by atomic mass is 10.0. The Morgan fingerprint density at radius 1 is 1.53 bits per heavy atom. The summed E-state index contributed by atoms with van der Waals surface area (Å²) in [4.78, 5) is 10.4. The highest BCUT2D eigenvalue weighted by atomic mass is 19.1. The number of nitrogens with one attached hydrogen (secondary N) is 1. The van der Waals surface area contributed by atoms with Crippen LogP contribution in [0.3, 0.4) is 0 Å². The number of hydrogen-bond acceptors (Lipinski definition) is 3. The Bertz CT molecular complexity index is 483. The van der Waals surface area contributed by atoms with Crippen molar-refractivity contribution in [3.05, 3.63) is 29.6 Å². The van der Waals surface area contributed by atoms with Gasteiger partial charge in [0.1, 0.15) is 11.9 Å². The molecule has 0 aliphatic heterocycles. The summed E-state index contributed by atoms with van der Waals surface area (Å²) in [7, 11) is 0. The average Bonchev–Trinajstić information content (AvgIpc) is 2.38. The van der Waals surface area contributed by atoms with Gasteiger partial charge in [-0.2, -0.15) is 5.26 Å². The zero-order valence-corrected chi connectivity index (χ0v) is 10.8. The van der Waals surface area contributed by atoms with E-state index >= 15 is 0 Å². The first kappa shape index (κ1) is 15.0. The van der Waals surface area contributed by atoms with Crippen LogP contribution in [0.2, 0.25) is 0 Å². The van der Waals surface area contributed by atoms with Crippen LogP contribution in [-0.4, -0.2) is 17.6 Å². The number of nitrogens with zero attached hydrogens (tertiary/aromatic N) is 1. The predicted molar refractivity (Wildman–Crippen MR) is 70.3 cm³/mol. The lowest BCUT2D eigenvalue weighted by Gasteiger charge is -2.12. The van der Waals surface area contributed by atoms with E-state index in [1.807, 2.05) is 13.0 Å². The summed E-state index contributed by atoms with van der Waals surface area (Å²) in [6, 6.07) is 5.97. The number of benzene rings is 1. The molecule has 0 saturated heterocycles. The summed E-state index contributed by atoms with van der Waals surface area (Å²) >= 11 is 0. The highest BCUT2D eigenvalue weighted by Crippen LogP contribution is 2.17. The van der Waals surface area contributed by atoms with Gasteiger partial charge < -0.3 is 10.4 Å². The van der Waals surface area contributed by atoms with E-state index in [-0.39, 0.29) is 17.9 Å². The number of aliphatic carboxylic acids is 1. The maximum atomic E-state index is 12.9. The molecule has 0 fully saturated rings. The Morgan fingerprint density at radius 2 is 2.26 bits per heavy atom. The fraction of sp³-hybridized carbons (Fsp3) is 0.429. The molecular formula is C14H17FN2O2. The molecule has 4 nitrogen and oxygen atoms in total. The SMILES string of the molecule is CC(CCNc1ccc(F)cc1C#N)CCC(=O)O. The van der Waals surface area contributed by atoms with Crippen molar-refractivity contribution in [1.29, 1.82) is 5.26 Å². The molecule has 1 rings (SSSR count). The number of carboxylic acids is 1. The van der Waals surface area contributed by atoms with Crippen LogP contribution in [0.15, 0.2) is 18.2 Å². The minimum absolute atomic E-state index is 0.168. The topological polar surface area (TPSA) is 73.1 Å². The molecule has 0 radical (unpaired) electrons. The molecule has 0 amide bonds. The predicted octanol–water partition coefficient (Wildman–Crippen LogP) is 3.00. The molecule has 0 aliphatic carbocycles. The van der Waals surface area contributed by atoms with Gasteiger partial charge in [0.15, 0.2) is 0 Å². The smallest absolute Gasteiger partial charge is 0.303 e. The fourth-order valence-corrected chi connectivity index (χ4v) is 1.73. The van der Waals surface area contributed by atoms with Gasteiger partial charge >= 0.3 is 5.97 Å². The number of carbonyl (C=O) groups is 1. The fourth-order valence-electron chi connectivity index (χ4n) is 1.73. The Balaban J connectivity index is 2.41. The molecule has 0 saturated carbocycles. The molecule has 1 unspecified atom stereocenters. The Labute approximate surface area is 111 Å². The van der Waals surface area contributed by atoms with Crippen LogP contribution < -0.4 is 5.32 Å². The molecule has 19 heavy (non-hydrogen) atoms. The van der Waals surface area contributed by atoms with Crippen LogP contribution in [-0.2, 0) is 4.79 Å². The summed E-state index contributed by atoms with van der Waals surface area (Å²) in [6.45, 7) is 2.61. The van der Waals surface area contributed by atoms with E-state index in [1.54, 1.807) is 0 Å². The highest BCUT2D eigenvalue weighted by molar-refractivity contribution is 5.66. The molecule has 0 aromatic heterocycles. The van der Waals surface area contributed by atoms with E-state index < -0.39 is 11.8 Å². The molecule has 1 aromatic rings. The van der Waals surface area contributed by atoms with E-state index in [1.165, 1.54) is 18.2 Å². The third kappa shape index (κ3) is 5.38. The van der Waals surface area contributed by atoms with E-state index in [0.29, 0.717) is 18.7 Å². The Morgan fingerprint density at radius 3 is 2.89 bits per heavy atom. The lowest BCUT2D eigenvalue weighted by Crippen LogP contribution is -2.09. The molecule has 5 heteroatoms. The van der Waals surface area contributed by atoms with E-state index in [0.717, 1.165) is 6.42 Å². The zero-order chi connectivity index (χ0) is 14.3. The van der Waals surface area contributed by atoms with Crippen molar-refractivity contribution < 1.29 is 14.3 Å². The summed E-state index contributed by atoms with van der Waals surface area (Å²) in [5.41, 5.74) is 0.882. The number of anilines is 1. The number of rotatable bonds is 7. The van der Waals surface area contributed by atoms with Gasteiger partial charge in [0.05, 0.1) is 11.3 Å². The van der Waals surface area contributed by atoms with Crippen molar-refractivity contribution in [3.8, 4) is 6.07 Å². The second kappa shape index (κ2) is 7.37. The summed E-state index contributed by atoms with van der Waals surface area (Å²) in [6.07, 6.45) is 1.60. The van der Waals surface area contributed by atoms with Gasteiger partial charge in [0.2, 0.25) is 0 Å². The van der Waals surface area contributed by atoms with Gasteiger partial charge in [-0.05, 0) is 37.0 Å². The highest BCUT2D eigenvalue weighted by Gasteiger charge is 2.07. The normalized spacial score (nSPS) is 11.6. The third-order valence-corrected chi connectivity index (χ3v) is 2.91. The van der Waals surface area contributed by atoms with Gasteiger partial charge in [0.25, 0.3) is 0 Å². The quantitative estimate of drug-likeness (QED) is 0.794. The molecular weight excluding hydrogens is 247 g/mol. The summed E-state index contributed by atoms with van der Waals surface area (Å²) in [5.74, 6) is -0.934. The van der Waals surface area contributed by atoms with E-state index in [2.05, 4.69) is 5.32 Å². The van der Waals surface area contributed by atoms with Crippen LogP contribution in [0.4, 0.5) is 10.1 Å². The average molecular weight is 264 g/mol. The first-order chi connectivity index (χ1) is 9.02. The molecule has 0 heterocycles. The largest absolute Gasteiger partial charge is 0.481 e. The molecule has 0 spiro atoms. The molecule has 0 aliphatic rings. The van der Waals surface area contributed by atoms with Crippen LogP contribution in [0.1, 0.15) is 31.7 Å². The van der Waals surface area contributed by atoms with Crippen LogP contribution >= 0.6 is 0 Å². The van der Waals surface area contributed by atoms with Gasteiger partial charge in [-0.1, -0.05) is 6.92 Å². The Hall–Kier alpha value is -2.09. The second-order valence-corrected chi connectivity index (χ2v) is 4.55. The van der Waals surface area contributed by atoms with Crippen molar-refractivity contribution in [2.45, 2.75) is 26.2 Å². The molecule has 2 N–H and O–H groups in total. The first-order valence-electron chi connectivity index (χ1n) is 6.18. The molecule has 102 valence electrons. The van der Waals surface area contributed by atoms with Gasteiger partial charge in [-0.15, -0.1) is 0 Å². The minimum atomic E-state index is -0.787. The maximum absolute atomic E-state index is 12.9. The molecule has 1 aromatic carbocycles. The maximum Gasteiger partial charge on any atom is 0.303 e. The second-order valence-electron chi connectivity index (χ2n) is 4.55. The number of nitriles is 1. The van der Waals surface area contributed by atoms with Crippen LogP contribution in [0, 0.1) is 23.1 Å². The number of hydrogen-bond donors (Lipinski definition) is 2. The van der Waals surface area contributed by atoms with Crippen LogP contribution in [0.5, 0.6) is 0 Å². The minimum Gasteiger partial charge on any atom is -0.481 e. The molecule has 0 bridgehead atoms. The standard InChI is InChI=1S/C14H17FN2O2/c1-10(2-5-14(18)19)6-7-17-13-4-3-12(15)8-11(13)9-16/h3-4,8,10,17H,2,5-7H2,1H3,(H,18,19). The van der Waals surface area contributed by atoms with Gasteiger partial charge in [-0.25, -0.2) is 4.39 Å². The van der Waals surface area contributed by atoms with Crippen molar-refractivity contribution in [1.82, 2.24) is 0 Å². The van der Waals surface area contributed by atoms with Gasteiger partial charge in [-0.3, -0.25) is 4.79 Å². The number of carboxylic acid groups (broad SMARTS) is 1. The van der Waals surface area contributed by atoms with Crippen molar-refractivity contribution >= 4 is 11.7 Å². The third-order valence-electron chi connectivity index (χ3n) is 2.91. The monoisotopic (exact) mass is 264 g/mol. The van der Waals surface area contributed by atoms with Crippen molar-refractivity contribution in [2.75, 3.05) is 11.9 Å². The summed E-state index contributed by atoms with van der Waals surface area (Å²) < 4.78 is 12.9. The van der Waals surface area contributed by atoms with Gasteiger partial charge in [0, 0.05) is 13.0 Å². The molecule has 1 atom stereocenters. The van der Waals surface area contributed by atoms with Crippen molar-refractivity contribution in [2.24, 2.45) is 5.92 Å². The first-order valence-corrected chi connectivity index (χ1v) is 6.18. The number of halogens is 1. The van der Waals surface area contributed by atoms with E-state index in [4.69, 9.17) is 10.4 Å². The van der Waals surface area contributed by atoms with Crippen molar-refractivity contribution in [3.63, 3.8) is 0 Å². The zero-order valence-electron chi connectivity index (χ0n) is 10.8. The lowest BCUT2D eigenvalue weighted by molar-refractivity contribution is -0.137. The Kier molecular flexibility index (Phi) is 5.80.